The van der Waals surface area contributed by atoms with Gasteiger partial charge in [-0.3, -0.25) is 11.3 Å². The van der Waals surface area contributed by atoms with Crippen molar-refractivity contribution in [2.45, 2.75) is 25.0 Å². The lowest BCUT2D eigenvalue weighted by molar-refractivity contribution is 0.177. The molecule has 2 aromatic carbocycles. The monoisotopic (exact) mass is 290 g/mol. The van der Waals surface area contributed by atoms with Gasteiger partial charge in [-0.2, -0.15) is 0 Å². The molecular formula is C16H16F2N2O. The second-order valence-corrected chi connectivity index (χ2v) is 5.18. The average molecular weight is 290 g/mol. The zero-order valence-corrected chi connectivity index (χ0v) is 11.4. The molecule has 5 heteroatoms. The van der Waals surface area contributed by atoms with Crippen LogP contribution in [0.1, 0.15) is 11.1 Å². The van der Waals surface area contributed by atoms with Gasteiger partial charge in [0, 0.05) is 12.5 Å². The van der Waals surface area contributed by atoms with E-state index in [4.69, 9.17) is 10.6 Å². The standard InChI is InChI=1S/C16H16F2N2O/c17-12-6-5-10(13(18)9-12)7-14(20-19)16-8-11-3-1-2-4-15(11)21-16/h1-6,9,14,16,20H,7-8,19H2. The summed E-state index contributed by atoms with van der Waals surface area (Å²) in [6.07, 6.45) is 0.881. The molecule has 3 rings (SSSR count). The van der Waals surface area contributed by atoms with E-state index < -0.39 is 11.6 Å². The summed E-state index contributed by atoms with van der Waals surface area (Å²) in [6, 6.07) is 11.1. The highest BCUT2D eigenvalue weighted by Gasteiger charge is 2.30. The third-order valence-electron chi connectivity index (χ3n) is 3.79. The van der Waals surface area contributed by atoms with Gasteiger partial charge < -0.3 is 4.74 Å². The summed E-state index contributed by atoms with van der Waals surface area (Å²) in [5.74, 6) is 5.27. The molecule has 110 valence electrons. The number of hydrogen-bond acceptors (Lipinski definition) is 3. The number of ether oxygens (including phenoxy) is 1. The van der Waals surface area contributed by atoms with Gasteiger partial charge in [0.2, 0.25) is 0 Å². The van der Waals surface area contributed by atoms with E-state index in [1.807, 2.05) is 24.3 Å². The van der Waals surface area contributed by atoms with Gasteiger partial charge in [0.15, 0.2) is 0 Å². The van der Waals surface area contributed by atoms with Gasteiger partial charge in [-0.05, 0) is 29.7 Å². The van der Waals surface area contributed by atoms with Crippen molar-refractivity contribution >= 4 is 0 Å². The molecule has 0 aromatic heterocycles. The molecule has 3 N–H and O–H groups in total. The molecule has 0 saturated carbocycles. The zero-order chi connectivity index (χ0) is 14.8. The van der Waals surface area contributed by atoms with Crippen molar-refractivity contribution in [2.75, 3.05) is 0 Å². The second kappa shape index (κ2) is 5.79. The maximum atomic E-state index is 13.7. The zero-order valence-electron chi connectivity index (χ0n) is 11.4. The van der Waals surface area contributed by atoms with E-state index in [1.165, 1.54) is 12.1 Å². The minimum Gasteiger partial charge on any atom is -0.488 e. The Morgan fingerprint density at radius 2 is 2.05 bits per heavy atom. The van der Waals surface area contributed by atoms with Crippen LogP contribution in [0.2, 0.25) is 0 Å². The number of nitrogens with two attached hydrogens (primary N) is 1. The van der Waals surface area contributed by atoms with Crippen molar-refractivity contribution in [2.24, 2.45) is 5.84 Å². The van der Waals surface area contributed by atoms with Gasteiger partial charge in [0.05, 0.1) is 6.04 Å². The van der Waals surface area contributed by atoms with Crippen LogP contribution in [-0.4, -0.2) is 12.1 Å². The Hall–Kier alpha value is -1.98. The quantitative estimate of drug-likeness (QED) is 0.671. The van der Waals surface area contributed by atoms with Gasteiger partial charge in [0.25, 0.3) is 0 Å². The Morgan fingerprint density at radius 3 is 2.76 bits per heavy atom. The third-order valence-corrected chi connectivity index (χ3v) is 3.79. The predicted molar refractivity (Wildman–Crippen MR) is 75.7 cm³/mol. The van der Waals surface area contributed by atoms with Gasteiger partial charge in [-0.15, -0.1) is 0 Å². The molecule has 2 atom stereocenters. The van der Waals surface area contributed by atoms with E-state index in [1.54, 1.807) is 0 Å². The van der Waals surface area contributed by atoms with Crippen LogP contribution in [0.25, 0.3) is 0 Å². The molecule has 3 nitrogen and oxygen atoms in total. The van der Waals surface area contributed by atoms with E-state index in [0.29, 0.717) is 18.4 Å². The number of hydrazine groups is 1. The lowest BCUT2D eigenvalue weighted by atomic mass is 9.98. The highest BCUT2D eigenvalue weighted by molar-refractivity contribution is 5.38. The number of nitrogens with one attached hydrogen (secondary N) is 1. The second-order valence-electron chi connectivity index (χ2n) is 5.18. The average Bonchev–Trinajstić information content (AvgIpc) is 2.90. The molecule has 0 aliphatic carbocycles. The third kappa shape index (κ3) is 2.89. The molecule has 0 spiro atoms. The van der Waals surface area contributed by atoms with Crippen LogP contribution < -0.4 is 16.0 Å². The fraction of sp³-hybridized carbons (Fsp3) is 0.250. The number of fused-ring (bicyclic) bond motifs is 1. The molecule has 1 heterocycles. The number of hydrogen-bond donors (Lipinski definition) is 2. The van der Waals surface area contributed by atoms with E-state index >= 15 is 0 Å². The van der Waals surface area contributed by atoms with Gasteiger partial charge in [0.1, 0.15) is 23.5 Å². The van der Waals surface area contributed by atoms with Crippen LogP contribution in [0.4, 0.5) is 8.78 Å². The van der Waals surface area contributed by atoms with Gasteiger partial charge in [-0.1, -0.05) is 24.3 Å². The summed E-state index contributed by atoms with van der Waals surface area (Å²) in [5, 5.41) is 0. The van der Waals surface area contributed by atoms with E-state index in [2.05, 4.69) is 5.43 Å². The summed E-state index contributed by atoms with van der Waals surface area (Å²) in [6.45, 7) is 0. The summed E-state index contributed by atoms with van der Waals surface area (Å²) >= 11 is 0. The molecule has 0 radical (unpaired) electrons. The van der Waals surface area contributed by atoms with E-state index in [0.717, 1.165) is 17.4 Å². The first-order valence-electron chi connectivity index (χ1n) is 6.82. The van der Waals surface area contributed by atoms with E-state index in [-0.39, 0.29) is 12.1 Å². The summed E-state index contributed by atoms with van der Waals surface area (Å²) < 4.78 is 32.5. The molecule has 21 heavy (non-hydrogen) atoms. The SMILES string of the molecule is NNC(Cc1ccc(F)cc1F)C1Cc2ccccc2O1. The Balaban J connectivity index is 1.75. The Kier molecular flexibility index (Phi) is 3.86. The van der Waals surface area contributed by atoms with Crippen molar-refractivity contribution < 1.29 is 13.5 Å². The number of rotatable bonds is 4. The van der Waals surface area contributed by atoms with Crippen LogP contribution in [0.15, 0.2) is 42.5 Å². The number of para-hydroxylation sites is 1. The topological polar surface area (TPSA) is 47.3 Å². The maximum Gasteiger partial charge on any atom is 0.129 e. The van der Waals surface area contributed by atoms with Crippen molar-refractivity contribution in [1.82, 2.24) is 5.43 Å². The largest absolute Gasteiger partial charge is 0.488 e. The van der Waals surface area contributed by atoms with Gasteiger partial charge in [-0.25, -0.2) is 8.78 Å². The van der Waals surface area contributed by atoms with Crippen LogP contribution in [0.5, 0.6) is 5.75 Å². The molecule has 0 fully saturated rings. The molecule has 1 aliphatic heterocycles. The molecular weight excluding hydrogens is 274 g/mol. The molecule has 0 saturated heterocycles. The summed E-state index contributed by atoms with van der Waals surface area (Å²) in [5.41, 5.74) is 4.21. The van der Waals surface area contributed by atoms with Crippen LogP contribution in [0.3, 0.4) is 0 Å². The molecule has 2 aromatic rings. The molecule has 0 amide bonds. The molecule has 1 aliphatic rings. The summed E-state index contributed by atoms with van der Waals surface area (Å²) in [7, 11) is 0. The Bertz CT molecular complexity index is 623. The van der Waals surface area contributed by atoms with Crippen LogP contribution in [0, 0.1) is 11.6 Å². The first-order chi connectivity index (χ1) is 10.2. The predicted octanol–water partition coefficient (Wildman–Crippen LogP) is 2.34. The smallest absolute Gasteiger partial charge is 0.129 e. The normalized spacial score (nSPS) is 18.1. The first-order valence-corrected chi connectivity index (χ1v) is 6.82. The van der Waals surface area contributed by atoms with Gasteiger partial charge >= 0.3 is 0 Å². The van der Waals surface area contributed by atoms with Crippen molar-refractivity contribution in [1.29, 1.82) is 0 Å². The maximum absolute atomic E-state index is 13.7. The van der Waals surface area contributed by atoms with Crippen LogP contribution in [-0.2, 0) is 12.8 Å². The Morgan fingerprint density at radius 1 is 1.24 bits per heavy atom. The lowest BCUT2D eigenvalue weighted by Crippen LogP contribution is -2.47. The fourth-order valence-electron chi connectivity index (χ4n) is 2.66. The van der Waals surface area contributed by atoms with E-state index in [9.17, 15) is 8.78 Å². The highest BCUT2D eigenvalue weighted by Crippen LogP contribution is 2.30. The number of benzene rings is 2. The van der Waals surface area contributed by atoms with Crippen molar-refractivity contribution in [3.63, 3.8) is 0 Å². The Labute approximate surface area is 121 Å². The minimum atomic E-state index is -0.585. The fourth-order valence-corrected chi connectivity index (χ4v) is 2.66. The molecule has 0 bridgehead atoms. The minimum absolute atomic E-state index is 0.170. The lowest BCUT2D eigenvalue weighted by Gasteiger charge is -2.22. The summed E-state index contributed by atoms with van der Waals surface area (Å²) in [4.78, 5) is 0. The van der Waals surface area contributed by atoms with Crippen molar-refractivity contribution in [3.8, 4) is 5.75 Å². The van der Waals surface area contributed by atoms with Crippen molar-refractivity contribution in [3.05, 3.63) is 65.2 Å². The first kappa shape index (κ1) is 14.0. The highest BCUT2D eigenvalue weighted by atomic mass is 19.1. The molecule has 2 unspecified atom stereocenters. The number of halogens is 2. The van der Waals surface area contributed by atoms with Crippen LogP contribution >= 0.6 is 0 Å².